The largest absolute Gasteiger partial charge is 0.469 e. The summed E-state index contributed by atoms with van der Waals surface area (Å²) in [5.41, 5.74) is 0. The standard InChI is InChI=1S/C14H27N3O2/c1-4-15-14(17-12-10-11(12)2)16-9-7-5-6-8-13(18)19-3/h11-12H,4-10H2,1-3H3,(H2,15,16,17). The molecule has 0 spiro atoms. The highest BCUT2D eigenvalue weighted by molar-refractivity contribution is 5.80. The topological polar surface area (TPSA) is 62.7 Å². The summed E-state index contributed by atoms with van der Waals surface area (Å²) in [6, 6.07) is 0.595. The van der Waals surface area contributed by atoms with Gasteiger partial charge in [-0.15, -0.1) is 0 Å². The molecule has 110 valence electrons. The van der Waals surface area contributed by atoms with Crippen LogP contribution < -0.4 is 10.6 Å². The molecule has 1 rings (SSSR count). The van der Waals surface area contributed by atoms with Crippen LogP contribution in [0.15, 0.2) is 4.99 Å². The number of ether oxygens (including phenoxy) is 1. The van der Waals surface area contributed by atoms with Gasteiger partial charge >= 0.3 is 5.97 Å². The summed E-state index contributed by atoms with van der Waals surface area (Å²) < 4.78 is 4.60. The molecule has 1 aliphatic carbocycles. The van der Waals surface area contributed by atoms with Gasteiger partial charge in [0.1, 0.15) is 0 Å². The van der Waals surface area contributed by atoms with Gasteiger partial charge in [0.05, 0.1) is 7.11 Å². The molecule has 5 heteroatoms. The van der Waals surface area contributed by atoms with Gasteiger partial charge in [-0.2, -0.15) is 0 Å². The SMILES string of the molecule is CCNC(=NCCCCCC(=O)OC)NC1CC1C. The lowest BCUT2D eigenvalue weighted by Gasteiger charge is -2.10. The second-order valence-electron chi connectivity index (χ2n) is 5.11. The molecule has 0 saturated heterocycles. The van der Waals surface area contributed by atoms with Crippen LogP contribution >= 0.6 is 0 Å². The summed E-state index contributed by atoms with van der Waals surface area (Å²) in [5, 5.41) is 6.68. The van der Waals surface area contributed by atoms with E-state index in [9.17, 15) is 4.79 Å². The first-order chi connectivity index (χ1) is 9.17. The quantitative estimate of drug-likeness (QED) is 0.305. The van der Waals surface area contributed by atoms with E-state index < -0.39 is 0 Å². The van der Waals surface area contributed by atoms with Gasteiger partial charge in [-0.25, -0.2) is 0 Å². The molecule has 0 heterocycles. The van der Waals surface area contributed by atoms with E-state index in [0.717, 1.165) is 44.2 Å². The third-order valence-corrected chi connectivity index (χ3v) is 3.31. The van der Waals surface area contributed by atoms with Crippen molar-refractivity contribution in [1.29, 1.82) is 0 Å². The van der Waals surface area contributed by atoms with Crippen LogP contribution in [-0.2, 0) is 9.53 Å². The highest BCUT2D eigenvalue weighted by atomic mass is 16.5. The normalized spacial score (nSPS) is 21.9. The number of hydrogen-bond donors (Lipinski definition) is 2. The molecule has 2 unspecified atom stereocenters. The van der Waals surface area contributed by atoms with Crippen molar-refractivity contribution < 1.29 is 9.53 Å². The number of carbonyl (C=O) groups is 1. The predicted molar refractivity (Wildman–Crippen MR) is 77.2 cm³/mol. The Hall–Kier alpha value is -1.26. The number of aliphatic imine (C=N–C) groups is 1. The van der Waals surface area contributed by atoms with Crippen molar-refractivity contribution in [3.05, 3.63) is 0 Å². The minimum atomic E-state index is -0.124. The number of esters is 1. The number of nitrogens with one attached hydrogen (secondary N) is 2. The maximum atomic E-state index is 10.9. The van der Waals surface area contributed by atoms with Crippen LogP contribution in [0.2, 0.25) is 0 Å². The summed E-state index contributed by atoms with van der Waals surface area (Å²) in [4.78, 5) is 15.5. The number of nitrogens with zero attached hydrogens (tertiary/aromatic N) is 1. The van der Waals surface area contributed by atoms with E-state index in [1.807, 2.05) is 0 Å². The molecule has 2 N–H and O–H groups in total. The van der Waals surface area contributed by atoms with Gasteiger partial charge in [-0.1, -0.05) is 13.3 Å². The molecule has 5 nitrogen and oxygen atoms in total. The van der Waals surface area contributed by atoms with E-state index in [1.165, 1.54) is 13.5 Å². The van der Waals surface area contributed by atoms with Crippen molar-refractivity contribution in [2.75, 3.05) is 20.2 Å². The summed E-state index contributed by atoms with van der Waals surface area (Å²) in [5.74, 6) is 1.56. The number of carbonyl (C=O) groups excluding carboxylic acids is 1. The van der Waals surface area contributed by atoms with Gasteiger partial charge in [0.25, 0.3) is 0 Å². The highest BCUT2D eigenvalue weighted by Crippen LogP contribution is 2.28. The third-order valence-electron chi connectivity index (χ3n) is 3.31. The molecule has 2 atom stereocenters. The number of unbranched alkanes of at least 4 members (excludes halogenated alkanes) is 2. The number of rotatable bonds is 8. The van der Waals surface area contributed by atoms with Gasteiger partial charge in [-0.3, -0.25) is 9.79 Å². The van der Waals surface area contributed by atoms with Crippen LogP contribution in [-0.4, -0.2) is 38.2 Å². The Morgan fingerprint density at radius 2 is 2.11 bits per heavy atom. The molecule has 0 aliphatic heterocycles. The predicted octanol–water partition coefficient (Wildman–Crippen LogP) is 1.68. The molecule has 0 aromatic heterocycles. The van der Waals surface area contributed by atoms with Crippen LogP contribution in [0.25, 0.3) is 0 Å². The van der Waals surface area contributed by atoms with E-state index in [2.05, 4.69) is 34.2 Å². The Morgan fingerprint density at radius 3 is 2.68 bits per heavy atom. The molecule has 19 heavy (non-hydrogen) atoms. The number of methoxy groups -OCH3 is 1. The molecule has 0 aromatic carbocycles. The molecule has 1 aliphatic rings. The zero-order chi connectivity index (χ0) is 14.1. The zero-order valence-electron chi connectivity index (χ0n) is 12.4. The third kappa shape index (κ3) is 7.03. The van der Waals surface area contributed by atoms with Gasteiger partial charge in [0.15, 0.2) is 5.96 Å². The highest BCUT2D eigenvalue weighted by Gasteiger charge is 2.33. The summed E-state index contributed by atoms with van der Waals surface area (Å²) in [6.07, 6.45) is 4.65. The molecular formula is C14H27N3O2. The van der Waals surface area contributed by atoms with Gasteiger partial charge in [0.2, 0.25) is 0 Å². The molecule has 1 fully saturated rings. The second kappa shape index (κ2) is 8.77. The van der Waals surface area contributed by atoms with Crippen molar-refractivity contribution in [3.8, 4) is 0 Å². The summed E-state index contributed by atoms with van der Waals surface area (Å²) >= 11 is 0. The Labute approximate surface area is 116 Å². The molecule has 0 aromatic rings. The summed E-state index contributed by atoms with van der Waals surface area (Å²) in [6.45, 7) is 6.00. The average Bonchev–Trinajstić information content (AvgIpc) is 3.08. The number of guanidine groups is 1. The van der Waals surface area contributed by atoms with E-state index in [4.69, 9.17) is 0 Å². The van der Waals surface area contributed by atoms with Crippen LogP contribution in [0.3, 0.4) is 0 Å². The van der Waals surface area contributed by atoms with Gasteiger partial charge in [0, 0.05) is 25.6 Å². The van der Waals surface area contributed by atoms with Gasteiger partial charge in [-0.05, 0) is 32.1 Å². The Balaban J connectivity index is 2.11. The van der Waals surface area contributed by atoms with E-state index in [0.29, 0.717) is 12.5 Å². The van der Waals surface area contributed by atoms with Crippen molar-refractivity contribution in [2.24, 2.45) is 10.9 Å². The average molecular weight is 269 g/mol. The smallest absolute Gasteiger partial charge is 0.305 e. The van der Waals surface area contributed by atoms with Crippen molar-refractivity contribution in [2.45, 2.75) is 52.0 Å². The fourth-order valence-electron chi connectivity index (χ4n) is 1.87. The monoisotopic (exact) mass is 269 g/mol. The van der Waals surface area contributed by atoms with Crippen molar-refractivity contribution >= 4 is 11.9 Å². The van der Waals surface area contributed by atoms with Crippen LogP contribution in [0, 0.1) is 5.92 Å². The van der Waals surface area contributed by atoms with Crippen molar-refractivity contribution in [3.63, 3.8) is 0 Å². The zero-order valence-corrected chi connectivity index (χ0v) is 12.4. The Morgan fingerprint density at radius 1 is 1.37 bits per heavy atom. The first kappa shape index (κ1) is 15.8. The fraction of sp³-hybridized carbons (Fsp3) is 0.857. The van der Waals surface area contributed by atoms with E-state index in [-0.39, 0.29) is 5.97 Å². The Kier molecular flexibility index (Phi) is 7.30. The first-order valence-electron chi connectivity index (χ1n) is 7.29. The molecule has 0 radical (unpaired) electrons. The minimum absolute atomic E-state index is 0.124. The van der Waals surface area contributed by atoms with Crippen LogP contribution in [0.4, 0.5) is 0 Å². The molecule has 0 amide bonds. The maximum Gasteiger partial charge on any atom is 0.305 e. The van der Waals surface area contributed by atoms with E-state index >= 15 is 0 Å². The van der Waals surface area contributed by atoms with Crippen molar-refractivity contribution in [1.82, 2.24) is 10.6 Å². The van der Waals surface area contributed by atoms with E-state index in [1.54, 1.807) is 0 Å². The van der Waals surface area contributed by atoms with Crippen LogP contribution in [0.1, 0.15) is 46.0 Å². The second-order valence-corrected chi connectivity index (χ2v) is 5.11. The maximum absolute atomic E-state index is 10.9. The first-order valence-corrected chi connectivity index (χ1v) is 7.29. The molecular weight excluding hydrogens is 242 g/mol. The molecule has 1 saturated carbocycles. The molecule has 0 bridgehead atoms. The summed E-state index contributed by atoms with van der Waals surface area (Å²) in [7, 11) is 1.43. The van der Waals surface area contributed by atoms with Gasteiger partial charge < -0.3 is 15.4 Å². The number of hydrogen-bond acceptors (Lipinski definition) is 3. The lowest BCUT2D eigenvalue weighted by Crippen LogP contribution is -2.39. The lowest BCUT2D eigenvalue weighted by atomic mass is 10.2. The van der Waals surface area contributed by atoms with Crippen LogP contribution in [0.5, 0.6) is 0 Å². The lowest BCUT2D eigenvalue weighted by molar-refractivity contribution is -0.140. The Bertz CT molecular complexity index is 305. The fourth-order valence-corrected chi connectivity index (χ4v) is 1.87. The minimum Gasteiger partial charge on any atom is -0.469 e.